The Kier molecular flexibility index (Phi) is 4.83. The fourth-order valence-electron chi connectivity index (χ4n) is 2.60. The van der Waals surface area contributed by atoms with Gasteiger partial charge < -0.3 is 4.74 Å². The smallest absolute Gasteiger partial charge is 0.232 e. The highest BCUT2D eigenvalue weighted by Gasteiger charge is 2.23. The van der Waals surface area contributed by atoms with Crippen LogP contribution in [0.5, 0.6) is 5.88 Å². The van der Waals surface area contributed by atoms with Gasteiger partial charge in [-0.1, -0.05) is 28.1 Å². The highest BCUT2D eigenvalue weighted by atomic mass is 79.9. The van der Waals surface area contributed by atoms with Crippen LogP contribution in [0.3, 0.4) is 0 Å². The van der Waals surface area contributed by atoms with Gasteiger partial charge in [0.15, 0.2) is 0 Å². The maximum atomic E-state index is 5.70. The monoisotopic (exact) mass is 347 g/mol. The molecule has 1 atom stereocenters. The predicted octanol–water partition coefficient (Wildman–Crippen LogP) is 3.14. The average molecular weight is 348 g/mol. The van der Waals surface area contributed by atoms with Gasteiger partial charge in [0.05, 0.1) is 12.8 Å². The molecule has 0 saturated carbocycles. The molecule has 110 valence electrons. The van der Waals surface area contributed by atoms with Gasteiger partial charge in [0, 0.05) is 35.9 Å². The zero-order chi connectivity index (χ0) is 14.5. The number of likely N-dealkylation sites (tertiary alicyclic amines) is 1. The Morgan fingerprint density at radius 3 is 2.86 bits per heavy atom. The first-order valence-electron chi connectivity index (χ1n) is 7.15. The minimum absolute atomic E-state index is 0.572. The Bertz CT molecular complexity index is 561. The van der Waals surface area contributed by atoms with Gasteiger partial charge in [-0.2, -0.15) is 0 Å². The van der Waals surface area contributed by atoms with Crippen LogP contribution in [-0.4, -0.2) is 34.6 Å². The second-order valence-corrected chi connectivity index (χ2v) is 6.29. The standard InChI is InChI=1S/C16H18BrN3O/c17-15-3-1-13(2-4-15)10-20-8-5-14(11-20)12-21-16-9-18-6-7-19-16/h1-4,6-7,9,14H,5,8,10-12H2. The van der Waals surface area contributed by atoms with Crippen LogP contribution in [0.15, 0.2) is 47.3 Å². The molecule has 0 bridgehead atoms. The molecule has 1 aliphatic heterocycles. The lowest BCUT2D eigenvalue weighted by Gasteiger charge is -2.16. The molecular weight excluding hydrogens is 330 g/mol. The second-order valence-electron chi connectivity index (χ2n) is 5.37. The largest absolute Gasteiger partial charge is 0.476 e. The number of aromatic nitrogens is 2. The molecule has 0 amide bonds. The van der Waals surface area contributed by atoms with Crippen LogP contribution >= 0.6 is 15.9 Å². The number of hydrogen-bond acceptors (Lipinski definition) is 4. The molecule has 4 nitrogen and oxygen atoms in total. The van der Waals surface area contributed by atoms with Crippen LogP contribution in [0.1, 0.15) is 12.0 Å². The lowest BCUT2D eigenvalue weighted by molar-refractivity contribution is 0.231. The summed E-state index contributed by atoms with van der Waals surface area (Å²) in [4.78, 5) is 10.6. The highest BCUT2D eigenvalue weighted by Crippen LogP contribution is 2.20. The average Bonchev–Trinajstić information content (AvgIpc) is 2.96. The quantitative estimate of drug-likeness (QED) is 0.832. The van der Waals surface area contributed by atoms with Crippen molar-refractivity contribution >= 4 is 15.9 Å². The molecule has 0 aliphatic carbocycles. The summed E-state index contributed by atoms with van der Waals surface area (Å²) in [6.45, 7) is 3.94. The number of ether oxygens (including phenoxy) is 1. The van der Waals surface area contributed by atoms with E-state index in [1.807, 2.05) is 0 Å². The molecule has 0 N–H and O–H groups in total. The summed E-state index contributed by atoms with van der Waals surface area (Å²) in [6, 6.07) is 8.54. The third-order valence-corrected chi connectivity index (χ3v) is 4.22. The first-order valence-corrected chi connectivity index (χ1v) is 7.94. The number of benzene rings is 1. The molecule has 2 heterocycles. The SMILES string of the molecule is Brc1ccc(CN2CCC(COc3cnccn3)C2)cc1. The Morgan fingerprint density at radius 2 is 2.10 bits per heavy atom. The van der Waals surface area contributed by atoms with E-state index in [1.165, 1.54) is 12.0 Å². The number of hydrogen-bond donors (Lipinski definition) is 0. The maximum Gasteiger partial charge on any atom is 0.232 e. The Hall–Kier alpha value is -1.46. The van der Waals surface area contributed by atoms with E-state index in [2.05, 4.69) is 55.1 Å². The fourth-order valence-corrected chi connectivity index (χ4v) is 2.87. The lowest BCUT2D eigenvalue weighted by atomic mass is 10.1. The number of rotatable bonds is 5. The van der Waals surface area contributed by atoms with Crippen molar-refractivity contribution in [2.75, 3.05) is 19.7 Å². The van der Waals surface area contributed by atoms with Crippen molar-refractivity contribution in [2.45, 2.75) is 13.0 Å². The summed E-state index contributed by atoms with van der Waals surface area (Å²) in [5.41, 5.74) is 1.36. The summed E-state index contributed by atoms with van der Waals surface area (Å²) in [6.07, 6.45) is 6.15. The normalized spacial score (nSPS) is 18.8. The van der Waals surface area contributed by atoms with Crippen molar-refractivity contribution < 1.29 is 4.74 Å². The number of halogens is 1. The van der Waals surface area contributed by atoms with Gasteiger partial charge in [0.1, 0.15) is 0 Å². The molecule has 1 fully saturated rings. The summed E-state index contributed by atoms with van der Waals surface area (Å²) < 4.78 is 6.83. The van der Waals surface area contributed by atoms with Crippen molar-refractivity contribution in [1.29, 1.82) is 0 Å². The van der Waals surface area contributed by atoms with Crippen LogP contribution in [0.25, 0.3) is 0 Å². The summed E-state index contributed by atoms with van der Waals surface area (Å²) in [7, 11) is 0. The second kappa shape index (κ2) is 7.00. The van der Waals surface area contributed by atoms with Crippen LogP contribution < -0.4 is 4.74 Å². The summed E-state index contributed by atoms with van der Waals surface area (Å²) in [5, 5.41) is 0. The summed E-state index contributed by atoms with van der Waals surface area (Å²) in [5.74, 6) is 1.19. The summed E-state index contributed by atoms with van der Waals surface area (Å²) >= 11 is 3.47. The third kappa shape index (κ3) is 4.25. The van der Waals surface area contributed by atoms with Gasteiger partial charge in [-0.05, 0) is 30.7 Å². The third-order valence-electron chi connectivity index (χ3n) is 3.70. The van der Waals surface area contributed by atoms with E-state index >= 15 is 0 Å². The van der Waals surface area contributed by atoms with Crippen LogP contribution in [0.4, 0.5) is 0 Å². The van der Waals surface area contributed by atoms with E-state index < -0.39 is 0 Å². The van der Waals surface area contributed by atoms with Gasteiger partial charge in [-0.15, -0.1) is 0 Å². The molecule has 3 rings (SSSR count). The van der Waals surface area contributed by atoms with Gasteiger partial charge in [0.2, 0.25) is 5.88 Å². The van der Waals surface area contributed by atoms with Gasteiger partial charge in [0.25, 0.3) is 0 Å². The molecule has 1 aliphatic rings. The van der Waals surface area contributed by atoms with Crippen LogP contribution in [-0.2, 0) is 6.54 Å². The van der Waals surface area contributed by atoms with Crippen LogP contribution in [0.2, 0.25) is 0 Å². The number of nitrogens with zero attached hydrogens (tertiary/aromatic N) is 3. The van der Waals surface area contributed by atoms with Crippen molar-refractivity contribution in [2.24, 2.45) is 5.92 Å². The van der Waals surface area contributed by atoms with E-state index in [-0.39, 0.29) is 0 Å². The van der Waals surface area contributed by atoms with E-state index in [0.29, 0.717) is 11.8 Å². The van der Waals surface area contributed by atoms with Crippen molar-refractivity contribution in [3.63, 3.8) is 0 Å². The Morgan fingerprint density at radius 1 is 1.24 bits per heavy atom. The predicted molar refractivity (Wildman–Crippen MR) is 85.1 cm³/mol. The maximum absolute atomic E-state index is 5.70. The molecule has 1 aromatic heterocycles. The molecular formula is C16H18BrN3O. The first kappa shape index (κ1) is 14.5. The zero-order valence-corrected chi connectivity index (χ0v) is 13.4. The molecule has 0 spiro atoms. The first-order chi connectivity index (χ1) is 10.3. The molecule has 21 heavy (non-hydrogen) atoms. The molecule has 1 unspecified atom stereocenters. The Balaban J connectivity index is 1.46. The molecule has 0 radical (unpaired) electrons. The fraction of sp³-hybridized carbons (Fsp3) is 0.375. The highest BCUT2D eigenvalue weighted by molar-refractivity contribution is 9.10. The Labute approximate surface area is 133 Å². The van der Waals surface area contributed by atoms with E-state index in [9.17, 15) is 0 Å². The van der Waals surface area contributed by atoms with Crippen LogP contribution in [0, 0.1) is 5.92 Å². The van der Waals surface area contributed by atoms with E-state index in [0.717, 1.165) is 30.7 Å². The van der Waals surface area contributed by atoms with E-state index in [4.69, 9.17) is 4.74 Å². The van der Waals surface area contributed by atoms with Gasteiger partial charge in [-0.25, -0.2) is 4.98 Å². The van der Waals surface area contributed by atoms with E-state index in [1.54, 1.807) is 18.6 Å². The molecule has 5 heteroatoms. The lowest BCUT2D eigenvalue weighted by Crippen LogP contribution is -2.22. The van der Waals surface area contributed by atoms with Crippen molar-refractivity contribution in [1.82, 2.24) is 14.9 Å². The van der Waals surface area contributed by atoms with Gasteiger partial charge in [-0.3, -0.25) is 9.88 Å². The van der Waals surface area contributed by atoms with Gasteiger partial charge >= 0.3 is 0 Å². The van der Waals surface area contributed by atoms with Crippen molar-refractivity contribution in [3.8, 4) is 5.88 Å². The minimum Gasteiger partial charge on any atom is -0.476 e. The zero-order valence-electron chi connectivity index (χ0n) is 11.8. The molecule has 1 saturated heterocycles. The molecule has 2 aromatic rings. The topological polar surface area (TPSA) is 38.2 Å². The molecule has 1 aromatic carbocycles. The minimum atomic E-state index is 0.572. The van der Waals surface area contributed by atoms with Crippen molar-refractivity contribution in [3.05, 3.63) is 52.9 Å².